The maximum absolute atomic E-state index is 5.25. The minimum atomic E-state index is 0.704. The van der Waals surface area contributed by atoms with Crippen molar-refractivity contribution in [3.05, 3.63) is 0 Å². The molecule has 2 aliphatic rings. The highest BCUT2D eigenvalue weighted by Crippen LogP contribution is 2.21. The summed E-state index contributed by atoms with van der Waals surface area (Å²) in [7, 11) is 0. The van der Waals surface area contributed by atoms with Gasteiger partial charge in [-0.15, -0.1) is 0 Å². The van der Waals surface area contributed by atoms with E-state index < -0.39 is 0 Å². The molecule has 0 bridgehead atoms. The molecule has 0 amide bonds. The second-order valence-corrected chi connectivity index (χ2v) is 2.65. The zero-order valence-corrected chi connectivity index (χ0v) is 4.89. The highest BCUT2D eigenvalue weighted by molar-refractivity contribution is 4.86. The Labute approximate surface area is 49.2 Å². The van der Waals surface area contributed by atoms with E-state index in [0.717, 1.165) is 19.1 Å². The SMILES string of the molecule is C1C[C@@H]2COC[C@H]2N1. The van der Waals surface area contributed by atoms with Gasteiger partial charge >= 0.3 is 0 Å². The van der Waals surface area contributed by atoms with E-state index in [1.165, 1.54) is 13.0 Å². The Kier molecular flexibility index (Phi) is 1.02. The summed E-state index contributed by atoms with van der Waals surface area (Å²) in [4.78, 5) is 0. The van der Waals surface area contributed by atoms with Crippen molar-refractivity contribution in [2.45, 2.75) is 12.5 Å². The number of nitrogens with one attached hydrogen (secondary N) is 1. The number of hydrogen-bond donors (Lipinski definition) is 1. The molecule has 1 N–H and O–H groups in total. The predicted molar refractivity (Wildman–Crippen MR) is 30.7 cm³/mol. The molecule has 46 valence electrons. The van der Waals surface area contributed by atoms with Crippen LogP contribution in [-0.2, 0) is 4.74 Å². The Morgan fingerprint density at radius 2 is 2.38 bits per heavy atom. The molecular formula is C6H11NO. The van der Waals surface area contributed by atoms with Gasteiger partial charge in [-0.05, 0) is 13.0 Å². The first-order valence-electron chi connectivity index (χ1n) is 3.28. The van der Waals surface area contributed by atoms with Crippen molar-refractivity contribution in [2.24, 2.45) is 5.92 Å². The summed E-state index contributed by atoms with van der Waals surface area (Å²) < 4.78 is 5.25. The van der Waals surface area contributed by atoms with Gasteiger partial charge in [0.2, 0.25) is 0 Å². The van der Waals surface area contributed by atoms with Crippen LogP contribution < -0.4 is 5.32 Å². The lowest BCUT2D eigenvalue weighted by Crippen LogP contribution is -2.25. The van der Waals surface area contributed by atoms with Gasteiger partial charge in [0, 0.05) is 12.0 Å². The van der Waals surface area contributed by atoms with Crippen molar-refractivity contribution < 1.29 is 4.74 Å². The van der Waals surface area contributed by atoms with Gasteiger partial charge < -0.3 is 10.1 Å². The van der Waals surface area contributed by atoms with E-state index in [0.29, 0.717) is 6.04 Å². The molecule has 8 heavy (non-hydrogen) atoms. The second-order valence-electron chi connectivity index (χ2n) is 2.65. The van der Waals surface area contributed by atoms with Gasteiger partial charge in [0.15, 0.2) is 0 Å². The zero-order valence-electron chi connectivity index (χ0n) is 4.89. The second kappa shape index (κ2) is 1.71. The van der Waals surface area contributed by atoms with Crippen LogP contribution in [-0.4, -0.2) is 25.8 Å². The Morgan fingerprint density at radius 3 is 3.25 bits per heavy atom. The molecule has 2 rings (SSSR count). The van der Waals surface area contributed by atoms with Crippen molar-refractivity contribution >= 4 is 0 Å². The summed E-state index contributed by atoms with van der Waals surface area (Å²) >= 11 is 0. The lowest BCUT2D eigenvalue weighted by molar-refractivity contribution is 0.177. The fourth-order valence-corrected chi connectivity index (χ4v) is 1.56. The van der Waals surface area contributed by atoms with Crippen LogP contribution >= 0.6 is 0 Å². The monoisotopic (exact) mass is 113 g/mol. The lowest BCUT2D eigenvalue weighted by Gasteiger charge is -2.02. The van der Waals surface area contributed by atoms with Gasteiger partial charge in [-0.2, -0.15) is 0 Å². The highest BCUT2D eigenvalue weighted by atomic mass is 16.5. The van der Waals surface area contributed by atoms with Crippen LogP contribution in [0.15, 0.2) is 0 Å². The number of rotatable bonds is 0. The minimum Gasteiger partial charge on any atom is -0.379 e. The third-order valence-corrected chi connectivity index (χ3v) is 2.12. The molecule has 0 unspecified atom stereocenters. The van der Waals surface area contributed by atoms with Crippen LogP contribution in [0.5, 0.6) is 0 Å². The first-order valence-corrected chi connectivity index (χ1v) is 3.28. The third-order valence-electron chi connectivity index (χ3n) is 2.12. The summed E-state index contributed by atoms with van der Waals surface area (Å²) in [5.74, 6) is 0.843. The number of ether oxygens (including phenoxy) is 1. The molecule has 0 aromatic rings. The fourth-order valence-electron chi connectivity index (χ4n) is 1.56. The quantitative estimate of drug-likeness (QED) is 0.477. The molecule has 2 aliphatic heterocycles. The molecule has 2 fully saturated rings. The predicted octanol–water partition coefficient (Wildman–Crippen LogP) is -0.00530. The highest BCUT2D eigenvalue weighted by Gasteiger charge is 2.31. The van der Waals surface area contributed by atoms with Crippen molar-refractivity contribution in [1.82, 2.24) is 5.32 Å². The molecule has 2 saturated heterocycles. The fraction of sp³-hybridized carbons (Fsp3) is 1.00. The first kappa shape index (κ1) is 4.77. The Hall–Kier alpha value is -0.0800. The van der Waals surface area contributed by atoms with Crippen molar-refractivity contribution in [3.8, 4) is 0 Å². The molecule has 0 saturated carbocycles. The van der Waals surface area contributed by atoms with Crippen LogP contribution in [0, 0.1) is 5.92 Å². The minimum absolute atomic E-state index is 0.704. The average Bonchev–Trinajstić information content (AvgIpc) is 2.15. The number of fused-ring (bicyclic) bond motifs is 1. The molecule has 0 aliphatic carbocycles. The van der Waals surface area contributed by atoms with E-state index in [2.05, 4.69) is 5.32 Å². The van der Waals surface area contributed by atoms with Gasteiger partial charge in [-0.3, -0.25) is 0 Å². The molecule has 0 spiro atoms. The molecule has 0 aromatic carbocycles. The summed E-state index contributed by atoms with van der Waals surface area (Å²) in [6.45, 7) is 3.15. The van der Waals surface area contributed by atoms with Gasteiger partial charge in [0.05, 0.1) is 13.2 Å². The van der Waals surface area contributed by atoms with E-state index in [1.807, 2.05) is 0 Å². The third kappa shape index (κ3) is 0.565. The average molecular weight is 113 g/mol. The summed E-state index contributed by atoms with van der Waals surface area (Å²) in [5.41, 5.74) is 0. The largest absolute Gasteiger partial charge is 0.379 e. The molecular weight excluding hydrogens is 102 g/mol. The maximum Gasteiger partial charge on any atom is 0.0623 e. The molecule has 0 radical (unpaired) electrons. The topological polar surface area (TPSA) is 21.3 Å². The van der Waals surface area contributed by atoms with Gasteiger partial charge in [0.1, 0.15) is 0 Å². The van der Waals surface area contributed by atoms with E-state index in [4.69, 9.17) is 4.74 Å². The standard InChI is InChI=1S/C6H11NO/c1-2-7-6-4-8-3-5(1)6/h5-7H,1-4H2/t5-,6-/m1/s1. The lowest BCUT2D eigenvalue weighted by atomic mass is 10.1. The molecule has 2 heterocycles. The van der Waals surface area contributed by atoms with Crippen LogP contribution in [0.3, 0.4) is 0 Å². The van der Waals surface area contributed by atoms with Crippen LogP contribution in [0.4, 0.5) is 0 Å². The number of hydrogen-bond acceptors (Lipinski definition) is 2. The summed E-state index contributed by atoms with van der Waals surface area (Å²) in [5, 5.41) is 3.39. The van der Waals surface area contributed by atoms with E-state index in [-0.39, 0.29) is 0 Å². The Balaban J connectivity index is 2.04. The van der Waals surface area contributed by atoms with Crippen molar-refractivity contribution in [1.29, 1.82) is 0 Å². The molecule has 2 heteroatoms. The van der Waals surface area contributed by atoms with E-state index in [9.17, 15) is 0 Å². The van der Waals surface area contributed by atoms with E-state index in [1.54, 1.807) is 0 Å². The van der Waals surface area contributed by atoms with E-state index >= 15 is 0 Å². The maximum atomic E-state index is 5.25. The smallest absolute Gasteiger partial charge is 0.0623 e. The van der Waals surface area contributed by atoms with Gasteiger partial charge in [0.25, 0.3) is 0 Å². The normalized spacial score (nSPS) is 45.0. The summed E-state index contributed by atoms with van der Waals surface area (Å²) in [6, 6.07) is 0.704. The van der Waals surface area contributed by atoms with Crippen LogP contribution in [0.1, 0.15) is 6.42 Å². The Morgan fingerprint density at radius 1 is 1.38 bits per heavy atom. The van der Waals surface area contributed by atoms with Gasteiger partial charge in [-0.25, -0.2) is 0 Å². The first-order chi connectivity index (χ1) is 3.97. The van der Waals surface area contributed by atoms with Crippen molar-refractivity contribution in [3.63, 3.8) is 0 Å². The van der Waals surface area contributed by atoms with Crippen LogP contribution in [0.2, 0.25) is 0 Å². The van der Waals surface area contributed by atoms with Gasteiger partial charge in [-0.1, -0.05) is 0 Å². The summed E-state index contributed by atoms with van der Waals surface area (Å²) in [6.07, 6.45) is 1.32. The zero-order chi connectivity index (χ0) is 5.40. The van der Waals surface area contributed by atoms with Crippen molar-refractivity contribution in [2.75, 3.05) is 19.8 Å². The molecule has 2 atom stereocenters. The Bertz CT molecular complexity index is 74.5. The molecule has 0 aromatic heterocycles. The van der Waals surface area contributed by atoms with Crippen LogP contribution in [0.25, 0.3) is 0 Å². The molecule has 2 nitrogen and oxygen atoms in total.